The second kappa shape index (κ2) is 5.61. The zero-order chi connectivity index (χ0) is 12.2. The van der Waals surface area contributed by atoms with Gasteiger partial charge in [0, 0.05) is 12.6 Å². The molecule has 0 saturated heterocycles. The largest absolute Gasteiger partial charge is 0.454 e. The molecule has 0 aromatic heterocycles. The van der Waals surface area contributed by atoms with Gasteiger partial charge in [-0.15, -0.1) is 0 Å². The molecule has 1 heterocycles. The van der Waals surface area contributed by atoms with Crippen molar-refractivity contribution in [1.29, 1.82) is 0 Å². The van der Waals surface area contributed by atoms with Crippen LogP contribution < -0.4 is 14.8 Å². The summed E-state index contributed by atoms with van der Waals surface area (Å²) in [4.78, 5) is 0. The average molecular weight is 247 g/mol. The second-order valence-electron chi connectivity index (χ2n) is 5.26. The molecule has 1 aliphatic heterocycles. The fraction of sp³-hybridized carbons (Fsp3) is 0.600. The highest BCUT2D eigenvalue weighted by Crippen LogP contribution is 2.32. The quantitative estimate of drug-likeness (QED) is 0.832. The van der Waals surface area contributed by atoms with Crippen molar-refractivity contribution in [3.63, 3.8) is 0 Å². The van der Waals surface area contributed by atoms with Crippen LogP contribution in [0.5, 0.6) is 11.5 Å². The summed E-state index contributed by atoms with van der Waals surface area (Å²) in [7, 11) is 0. The molecule has 1 aromatic carbocycles. The molecule has 3 rings (SSSR count). The van der Waals surface area contributed by atoms with Crippen molar-refractivity contribution in [3.8, 4) is 11.5 Å². The molecule has 1 fully saturated rings. The second-order valence-corrected chi connectivity index (χ2v) is 5.26. The van der Waals surface area contributed by atoms with Gasteiger partial charge in [0.1, 0.15) is 0 Å². The van der Waals surface area contributed by atoms with Gasteiger partial charge in [-0.2, -0.15) is 0 Å². The fourth-order valence-electron chi connectivity index (χ4n) is 2.80. The van der Waals surface area contributed by atoms with Crippen LogP contribution in [0.2, 0.25) is 0 Å². The van der Waals surface area contributed by atoms with Crippen molar-refractivity contribution < 1.29 is 9.47 Å². The summed E-state index contributed by atoms with van der Waals surface area (Å²) in [5, 5.41) is 3.67. The van der Waals surface area contributed by atoms with E-state index in [2.05, 4.69) is 17.4 Å². The molecule has 0 unspecified atom stereocenters. The summed E-state index contributed by atoms with van der Waals surface area (Å²) in [6.07, 6.45) is 8.21. The lowest BCUT2D eigenvalue weighted by atomic mass is 10.1. The molecular weight excluding hydrogens is 226 g/mol. The van der Waals surface area contributed by atoms with Gasteiger partial charge in [0.2, 0.25) is 6.79 Å². The van der Waals surface area contributed by atoms with E-state index in [0.29, 0.717) is 12.8 Å². The molecule has 1 aliphatic carbocycles. The number of rotatable bonds is 3. The molecule has 0 atom stereocenters. The molecule has 0 radical (unpaired) electrons. The molecule has 18 heavy (non-hydrogen) atoms. The molecule has 0 spiro atoms. The topological polar surface area (TPSA) is 30.5 Å². The summed E-state index contributed by atoms with van der Waals surface area (Å²) in [6.45, 7) is 1.29. The Labute approximate surface area is 108 Å². The van der Waals surface area contributed by atoms with Crippen LogP contribution in [0.3, 0.4) is 0 Å². The first-order valence-corrected chi connectivity index (χ1v) is 7.04. The van der Waals surface area contributed by atoms with E-state index in [1.807, 2.05) is 6.07 Å². The maximum Gasteiger partial charge on any atom is 0.231 e. The molecule has 0 bridgehead atoms. The smallest absolute Gasteiger partial charge is 0.231 e. The van der Waals surface area contributed by atoms with Crippen LogP contribution in [0, 0.1) is 0 Å². The standard InChI is InChI=1S/C15H21NO2/c1-2-4-6-13(5-3-1)16-10-12-7-8-14-15(9-12)18-11-17-14/h7-9,13,16H,1-6,10-11H2. The first-order valence-electron chi connectivity index (χ1n) is 7.04. The Hall–Kier alpha value is -1.22. The number of fused-ring (bicyclic) bond motifs is 1. The zero-order valence-electron chi connectivity index (χ0n) is 10.8. The van der Waals surface area contributed by atoms with Crippen LogP contribution >= 0.6 is 0 Å². The minimum Gasteiger partial charge on any atom is -0.454 e. The van der Waals surface area contributed by atoms with Crippen molar-refractivity contribution >= 4 is 0 Å². The van der Waals surface area contributed by atoms with E-state index in [9.17, 15) is 0 Å². The van der Waals surface area contributed by atoms with Crippen LogP contribution in [0.25, 0.3) is 0 Å². The van der Waals surface area contributed by atoms with Gasteiger partial charge in [-0.05, 0) is 30.5 Å². The predicted molar refractivity (Wildman–Crippen MR) is 70.9 cm³/mol. The third-order valence-electron chi connectivity index (χ3n) is 3.89. The lowest BCUT2D eigenvalue weighted by Crippen LogP contribution is -2.27. The first-order chi connectivity index (χ1) is 8.92. The van der Waals surface area contributed by atoms with E-state index in [4.69, 9.17) is 9.47 Å². The fourth-order valence-corrected chi connectivity index (χ4v) is 2.80. The van der Waals surface area contributed by atoms with Gasteiger partial charge in [-0.1, -0.05) is 31.7 Å². The highest BCUT2D eigenvalue weighted by Gasteiger charge is 2.14. The third kappa shape index (κ3) is 2.78. The van der Waals surface area contributed by atoms with Crippen LogP contribution in [0.4, 0.5) is 0 Å². The Morgan fingerprint density at radius 2 is 1.78 bits per heavy atom. The third-order valence-corrected chi connectivity index (χ3v) is 3.89. The monoisotopic (exact) mass is 247 g/mol. The van der Waals surface area contributed by atoms with Crippen LogP contribution in [0.15, 0.2) is 18.2 Å². The molecule has 3 nitrogen and oxygen atoms in total. The summed E-state index contributed by atoms with van der Waals surface area (Å²) < 4.78 is 10.7. The van der Waals surface area contributed by atoms with Gasteiger partial charge in [-0.3, -0.25) is 0 Å². The highest BCUT2D eigenvalue weighted by molar-refractivity contribution is 5.44. The molecule has 0 amide bonds. The van der Waals surface area contributed by atoms with Gasteiger partial charge < -0.3 is 14.8 Å². The van der Waals surface area contributed by atoms with Crippen molar-refractivity contribution in [2.45, 2.75) is 51.1 Å². The lowest BCUT2D eigenvalue weighted by Gasteiger charge is -2.16. The molecule has 2 aliphatic rings. The summed E-state index contributed by atoms with van der Waals surface area (Å²) in [5.41, 5.74) is 1.28. The Morgan fingerprint density at radius 3 is 2.61 bits per heavy atom. The zero-order valence-corrected chi connectivity index (χ0v) is 10.8. The van der Waals surface area contributed by atoms with Gasteiger partial charge in [0.15, 0.2) is 11.5 Å². The van der Waals surface area contributed by atoms with E-state index in [1.54, 1.807) is 0 Å². The normalized spacial score (nSPS) is 19.8. The van der Waals surface area contributed by atoms with Gasteiger partial charge in [-0.25, -0.2) is 0 Å². The van der Waals surface area contributed by atoms with E-state index in [1.165, 1.54) is 44.1 Å². The minimum absolute atomic E-state index is 0.356. The Kier molecular flexibility index (Phi) is 3.69. The molecule has 1 N–H and O–H groups in total. The Morgan fingerprint density at radius 1 is 1.00 bits per heavy atom. The molecule has 3 heteroatoms. The predicted octanol–water partition coefficient (Wildman–Crippen LogP) is 3.23. The first kappa shape index (κ1) is 11.8. The summed E-state index contributed by atoms with van der Waals surface area (Å²) in [6, 6.07) is 6.91. The van der Waals surface area contributed by atoms with E-state index >= 15 is 0 Å². The SMILES string of the molecule is c1cc2c(cc1CNC1CCCCCC1)OCO2. The Bertz CT molecular complexity index is 397. The molecule has 1 saturated carbocycles. The maximum absolute atomic E-state index is 5.40. The molecule has 1 aromatic rings. The molecule has 98 valence electrons. The van der Waals surface area contributed by atoms with Crippen LogP contribution in [-0.4, -0.2) is 12.8 Å². The van der Waals surface area contributed by atoms with Crippen molar-refractivity contribution in [1.82, 2.24) is 5.32 Å². The van der Waals surface area contributed by atoms with Crippen LogP contribution in [-0.2, 0) is 6.54 Å². The lowest BCUT2D eigenvalue weighted by molar-refractivity contribution is 0.174. The van der Waals surface area contributed by atoms with Gasteiger partial charge in [0.25, 0.3) is 0 Å². The number of benzene rings is 1. The number of hydrogen-bond donors (Lipinski definition) is 1. The van der Waals surface area contributed by atoms with Gasteiger partial charge in [0.05, 0.1) is 0 Å². The van der Waals surface area contributed by atoms with Crippen molar-refractivity contribution in [3.05, 3.63) is 23.8 Å². The highest BCUT2D eigenvalue weighted by atomic mass is 16.7. The number of ether oxygens (including phenoxy) is 2. The maximum atomic E-state index is 5.40. The van der Waals surface area contributed by atoms with Crippen molar-refractivity contribution in [2.75, 3.05) is 6.79 Å². The van der Waals surface area contributed by atoms with E-state index in [-0.39, 0.29) is 0 Å². The van der Waals surface area contributed by atoms with E-state index < -0.39 is 0 Å². The summed E-state index contributed by atoms with van der Waals surface area (Å²) in [5.74, 6) is 1.75. The number of hydrogen-bond acceptors (Lipinski definition) is 3. The Balaban J connectivity index is 1.56. The average Bonchev–Trinajstić information content (AvgIpc) is 2.70. The van der Waals surface area contributed by atoms with E-state index in [0.717, 1.165) is 18.0 Å². The van der Waals surface area contributed by atoms with Gasteiger partial charge >= 0.3 is 0 Å². The summed E-state index contributed by atoms with van der Waals surface area (Å²) >= 11 is 0. The molecular formula is C15H21NO2. The van der Waals surface area contributed by atoms with Crippen LogP contribution in [0.1, 0.15) is 44.1 Å². The number of nitrogens with one attached hydrogen (secondary N) is 1. The van der Waals surface area contributed by atoms with Crippen molar-refractivity contribution in [2.24, 2.45) is 0 Å². The minimum atomic E-state index is 0.356.